The normalized spacial score (nSPS) is 13.6. The molecule has 0 aromatic carbocycles. The third-order valence-electron chi connectivity index (χ3n) is 3.63. The molecule has 0 spiro atoms. The minimum atomic E-state index is -1.26. The molecule has 0 aromatic rings. The number of carboxylic acids is 1. The van der Waals surface area contributed by atoms with Crippen molar-refractivity contribution in [3.8, 4) is 0 Å². The van der Waals surface area contributed by atoms with Gasteiger partial charge in [-0.2, -0.15) is 0 Å². The maximum Gasteiger partial charge on any atom is 0.331 e. The molecule has 2 atom stereocenters. The Labute approximate surface area is 134 Å². The molecular formula is C14H25N3O6. The van der Waals surface area contributed by atoms with Crippen LogP contribution in [0.3, 0.4) is 0 Å². The number of amides is 2. The van der Waals surface area contributed by atoms with E-state index in [4.69, 9.17) is 15.6 Å². The number of aliphatic carboxylic acids is 1. The molecule has 0 bridgehead atoms. The maximum atomic E-state index is 12.2. The van der Waals surface area contributed by atoms with E-state index in [0.29, 0.717) is 12.8 Å². The summed E-state index contributed by atoms with van der Waals surface area (Å²) >= 11 is 0. The number of ether oxygens (including phenoxy) is 1. The minimum Gasteiger partial charge on any atom is -0.481 e. The zero-order chi connectivity index (χ0) is 18.2. The van der Waals surface area contributed by atoms with Crippen molar-refractivity contribution in [3.05, 3.63) is 0 Å². The van der Waals surface area contributed by atoms with Crippen molar-refractivity contribution in [2.75, 3.05) is 7.11 Å². The van der Waals surface area contributed by atoms with Gasteiger partial charge in [-0.15, -0.1) is 0 Å². The first-order chi connectivity index (χ1) is 10.6. The number of rotatable bonds is 9. The SMILES string of the molecule is CCC(CC)(NC(=O)[C@H](C)NC(=O)[C@@H](N)CC(=O)O)C(=O)OC. The first-order valence-corrected chi connectivity index (χ1v) is 7.31. The molecule has 2 amide bonds. The summed E-state index contributed by atoms with van der Waals surface area (Å²) in [6.07, 6.45) is 0.0956. The molecule has 5 N–H and O–H groups in total. The fourth-order valence-corrected chi connectivity index (χ4v) is 1.97. The zero-order valence-corrected chi connectivity index (χ0v) is 13.8. The molecule has 0 unspecified atom stereocenters. The van der Waals surface area contributed by atoms with Crippen LogP contribution in [-0.4, -0.2) is 53.6 Å². The monoisotopic (exact) mass is 331 g/mol. The van der Waals surface area contributed by atoms with Crippen LogP contribution >= 0.6 is 0 Å². The highest BCUT2D eigenvalue weighted by atomic mass is 16.5. The molecule has 0 saturated heterocycles. The van der Waals surface area contributed by atoms with E-state index in [0.717, 1.165) is 0 Å². The predicted molar refractivity (Wildman–Crippen MR) is 81.3 cm³/mol. The summed E-state index contributed by atoms with van der Waals surface area (Å²) in [5.74, 6) is -3.13. The number of carbonyl (C=O) groups is 4. The Morgan fingerprint density at radius 1 is 1.17 bits per heavy atom. The second kappa shape index (κ2) is 9.09. The lowest BCUT2D eigenvalue weighted by molar-refractivity contribution is -0.151. The van der Waals surface area contributed by atoms with Crippen molar-refractivity contribution in [1.29, 1.82) is 0 Å². The average Bonchev–Trinajstić information content (AvgIpc) is 2.50. The molecule has 132 valence electrons. The zero-order valence-electron chi connectivity index (χ0n) is 13.8. The van der Waals surface area contributed by atoms with Gasteiger partial charge in [-0.1, -0.05) is 13.8 Å². The van der Waals surface area contributed by atoms with Gasteiger partial charge in [-0.3, -0.25) is 14.4 Å². The summed E-state index contributed by atoms with van der Waals surface area (Å²) < 4.78 is 4.71. The van der Waals surface area contributed by atoms with Gasteiger partial charge < -0.3 is 26.2 Å². The van der Waals surface area contributed by atoms with Crippen LogP contribution < -0.4 is 16.4 Å². The Balaban J connectivity index is 4.85. The highest BCUT2D eigenvalue weighted by Gasteiger charge is 2.38. The second-order valence-electron chi connectivity index (χ2n) is 5.20. The van der Waals surface area contributed by atoms with Gasteiger partial charge in [-0.05, 0) is 19.8 Å². The molecule has 0 radical (unpaired) electrons. The smallest absolute Gasteiger partial charge is 0.331 e. The number of nitrogens with two attached hydrogens (primary N) is 1. The van der Waals surface area contributed by atoms with Crippen molar-refractivity contribution in [1.82, 2.24) is 10.6 Å². The lowest BCUT2D eigenvalue weighted by Crippen LogP contribution is -2.59. The Bertz CT molecular complexity index is 461. The van der Waals surface area contributed by atoms with Crippen LogP contribution in [-0.2, 0) is 23.9 Å². The molecule has 0 fully saturated rings. The predicted octanol–water partition coefficient (Wildman–Crippen LogP) is -0.859. The quantitative estimate of drug-likeness (QED) is 0.402. The standard InChI is InChI=1S/C14H25N3O6/c1-5-14(6-2,13(22)23-4)17-11(20)8(3)16-12(21)9(15)7-10(18)19/h8-9H,5-7,15H2,1-4H3,(H,16,21)(H,17,20)(H,18,19)/t8-,9-/m0/s1. The summed E-state index contributed by atoms with van der Waals surface area (Å²) in [6.45, 7) is 4.87. The number of methoxy groups -OCH3 is 1. The van der Waals surface area contributed by atoms with Gasteiger partial charge in [0, 0.05) is 0 Å². The molecule has 0 aliphatic carbocycles. The van der Waals surface area contributed by atoms with Crippen molar-refractivity contribution in [2.45, 2.75) is 57.7 Å². The van der Waals surface area contributed by atoms with Crippen LogP contribution in [0.25, 0.3) is 0 Å². The Kier molecular flexibility index (Phi) is 8.23. The fourth-order valence-electron chi connectivity index (χ4n) is 1.97. The van der Waals surface area contributed by atoms with E-state index >= 15 is 0 Å². The van der Waals surface area contributed by atoms with Gasteiger partial charge in [0.1, 0.15) is 11.6 Å². The van der Waals surface area contributed by atoms with Crippen LogP contribution in [0, 0.1) is 0 Å². The third kappa shape index (κ3) is 5.85. The van der Waals surface area contributed by atoms with E-state index in [1.165, 1.54) is 14.0 Å². The molecule has 0 aromatic heterocycles. The highest BCUT2D eigenvalue weighted by molar-refractivity contribution is 5.94. The van der Waals surface area contributed by atoms with Crippen molar-refractivity contribution < 1.29 is 29.0 Å². The minimum absolute atomic E-state index is 0.321. The van der Waals surface area contributed by atoms with E-state index < -0.39 is 47.8 Å². The van der Waals surface area contributed by atoms with Crippen molar-refractivity contribution in [2.24, 2.45) is 5.73 Å². The number of hydrogen-bond donors (Lipinski definition) is 4. The fraction of sp³-hybridized carbons (Fsp3) is 0.714. The average molecular weight is 331 g/mol. The molecule has 0 aliphatic rings. The Morgan fingerprint density at radius 3 is 2.09 bits per heavy atom. The Hall–Kier alpha value is -2.16. The highest BCUT2D eigenvalue weighted by Crippen LogP contribution is 2.17. The number of hydrogen-bond acceptors (Lipinski definition) is 6. The summed E-state index contributed by atoms with van der Waals surface area (Å²) in [5.41, 5.74) is 4.24. The summed E-state index contributed by atoms with van der Waals surface area (Å²) in [4.78, 5) is 46.3. The second-order valence-corrected chi connectivity index (χ2v) is 5.20. The van der Waals surface area contributed by atoms with Crippen molar-refractivity contribution in [3.63, 3.8) is 0 Å². The van der Waals surface area contributed by atoms with Crippen LogP contribution in [0.5, 0.6) is 0 Å². The molecule has 0 saturated carbocycles. The van der Waals surface area contributed by atoms with E-state index in [1.807, 2.05) is 0 Å². The number of esters is 1. The van der Waals surface area contributed by atoms with E-state index in [-0.39, 0.29) is 0 Å². The van der Waals surface area contributed by atoms with Gasteiger partial charge in [0.25, 0.3) is 0 Å². The molecular weight excluding hydrogens is 306 g/mol. The largest absolute Gasteiger partial charge is 0.481 e. The summed E-state index contributed by atoms with van der Waals surface area (Å²) in [7, 11) is 1.23. The van der Waals surface area contributed by atoms with Crippen LogP contribution in [0.4, 0.5) is 0 Å². The van der Waals surface area contributed by atoms with Gasteiger partial charge in [0.15, 0.2) is 0 Å². The molecule has 0 aliphatic heterocycles. The molecule has 9 nitrogen and oxygen atoms in total. The van der Waals surface area contributed by atoms with Gasteiger partial charge in [-0.25, -0.2) is 4.79 Å². The van der Waals surface area contributed by atoms with E-state index in [9.17, 15) is 19.2 Å². The van der Waals surface area contributed by atoms with E-state index in [1.54, 1.807) is 13.8 Å². The van der Waals surface area contributed by atoms with Gasteiger partial charge in [0.2, 0.25) is 11.8 Å². The summed E-state index contributed by atoms with van der Waals surface area (Å²) in [5, 5.41) is 13.5. The first-order valence-electron chi connectivity index (χ1n) is 7.31. The third-order valence-corrected chi connectivity index (χ3v) is 3.63. The molecule has 23 heavy (non-hydrogen) atoms. The topological polar surface area (TPSA) is 148 Å². The molecule has 0 heterocycles. The van der Waals surface area contributed by atoms with Crippen molar-refractivity contribution >= 4 is 23.8 Å². The van der Waals surface area contributed by atoms with Gasteiger partial charge >= 0.3 is 11.9 Å². The molecule has 9 heteroatoms. The van der Waals surface area contributed by atoms with E-state index in [2.05, 4.69) is 10.6 Å². The van der Waals surface area contributed by atoms with Crippen LogP contribution in [0.1, 0.15) is 40.0 Å². The number of nitrogens with one attached hydrogen (secondary N) is 2. The van der Waals surface area contributed by atoms with Crippen LogP contribution in [0.15, 0.2) is 0 Å². The molecule has 0 rings (SSSR count). The van der Waals surface area contributed by atoms with Gasteiger partial charge in [0.05, 0.1) is 19.6 Å². The lowest BCUT2D eigenvalue weighted by Gasteiger charge is -2.31. The number of carbonyl (C=O) groups excluding carboxylic acids is 3. The number of carboxylic acid groups (broad SMARTS) is 1. The first kappa shape index (κ1) is 20.8. The maximum absolute atomic E-state index is 12.2. The lowest BCUT2D eigenvalue weighted by atomic mass is 9.92. The Morgan fingerprint density at radius 2 is 1.70 bits per heavy atom. The van der Waals surface area contributed by atoms with Crippen LogP contribution in [0.2, 0.25) is 0 Å². The summed E-state index contributed by atoms with van der Waals surface area (Å²) in [6, 6.07) is -2.24.